The number of alkyl carbamates (subject to hydrolysis) is 1. The van der Waals surface area contributed by atoms with Gasteiger partial charge in [0.1, 0.15) is 29.0 Å². The summed E-state index contributed by atoms with van der Waals surface area (Å²) in [5.74, 6) is -1.20. The average Bonchev–Trinajstić information content (AvgIpc) is 3.78. The second kappa shape index (κ2) is 18.6. The Morgan fingerprint density at radius 3 is 2.05 bits per heavy atom. The monoisotopic (exact) mass is 913 g/mol. The average molecular weight is 914 g/mol. The van der Waals surface area contributed by atoms with E-state index in [0.717, 1.165) is 21.9 Å². The van der Waals surface area contributed by atoms with Crippen LogP contribution in [0.25, 0.3) is 32.7 Å². The van der Waals surface area contributed by atoms with Crippen molar-refractivity contribution >= 4 is 53.2 Å². The smallest absolute Gasteiger partial charge is 0.408 e. The Morgan fingerprint density at radius 2 is 1.50 bits per heavy atom. The summed E-state index contributed by atoms with van der Waals surface area (Å²) in [6, 6.07) is 28.2. The Morgan fingerprint density at radius 1 is 0.875 bits per heavy atom. The predicted molar refractivity (Wildman–Crippen MR) is 250 cm³/mol. The molecule has 1 amide bonds. The maximum absolute atomic E-state index is 14.8. The van der Waals surface area contributed by atoms with Crippen LogP contribution < -0.4 is 15.7 Å². The van der Waals surface area contributed by atoms with Gasteiger partial charge in [0.2, 0.25) is 0 Å². The van der Waals surface area contributed by atoms with Crippen LogP contribution in [-0.2, 0) is 33.3 Å². The van der Waals surface area contributed by atoms with E-state index >= 15 is 0 Å². The maximum Gasteiger partial charge on any atom is 0.408 e. The third-order valence-electron chi connectivity index (χ3n) is 11.0. The number of hydrogen-bond acceptors (Lipinski definition) is 8. The minimum absolute atomic E-state index is 0.0947. The van der Waals surface area contributed by atoms with Crippen LogP contribution in [0.5, 0.6) is 0 Å². The fourth-order valence-corrected chi connectivity index (χ4v) is 13.8. The Kier molecular flexibility index (Phi) is 14.0. The number of fused-ring (bicyclic) bond motifs is 1. The normalized spacial score (nSPS) is 13.3. The van der Waals surface area contributed by atoms with E-state index in [2.05, 4.69) is 73.6 Å². The molecule has 0 radical (unpaired) electrons. The molecule has 15 heteroatoms. The second-order valence-electron chi connectivity index (χ2n) is 19.4. The molecule has 1 atom stereocenters. The number of carboxylic acids is 1. The lowest BCUT2D eigenvalue weighted by Crippen LogP contribution is -2.67. The zero-order chi connectivity index (χ0) is 46.8. The van der Waals surface area contributed by atoms with Crippen molar-refractivity contribution < 1.29 is 37.0 Å². The zero-order valence-corrected chi connectivity index (χ0v) is 39.9. The molecule has 3 heterocycles. The first-order valence-electron chi connectivity index (χ1n) is 21.4. The van der Waals surface area contributed by atoms with Gasteiger partial charge in [-0.25, -0.2) is 14.6 Å². The summed E-state index contributed by atoms with van der Waals surface area (Å²) in [6.07, 6.45) is -3.65. The SMILES string of the molecule is CC(C)c1ncccc1-c1c(CC(C)(C)CO[Si](c2ccccc2)(c2ccccc2)C(C)(C)C)c2cc(-c3nc(C[C@H](NC(=O)OC(C)(C)C)C(=O)O)ns3)ccc2n1CC(F)(F)F. The van der Waals surface area contributed by atoms with Gasteiger partial charge in [0.25, 0.3) is 8.32 Å². The molecule has 64 heavy (non-hydrogen) atoms. The molecule has 3 aromatic carbocycles. The number of carbonyl (C=O) groups is 2. The summed E-state index contributed by atoms with van der Waals surface area (Å²) in [4.78, 5) is 34.0. The number of alkyl halides is 3. The lowest BCUT2D eigenvalue weighted by molar-refractivity contribution is -0.140. The molecular weight excluding hydrogens is 856 g/mol. The highest BCUT2D eigenvalue weighted by Crippen LogP contribution is 2.44. The summed E-state index contributed by atoms with van der Waals surface area (Å²) in [6.45, 7) is 18.9. The van der Waals surface area contributed by atoms with Crippen molar-refractivity contribution in [3.05, 3.63) is 114 Å². The van der Waals surface area contributed by atoms with Crippen LogP contribution in [0, 0.1) is 5.41 Å². The number of carboxylic acid groups (broad SMARTS) is 1. The first-order valence-corrected chi connectivity index (χ1v) is 24.0. The number of carbonyl (C=O) groups excluding carboxylic acids is 1. The second-order valence-corrected chi connectivity index (χ2v) is 24.5. The Labute approximate surface area is 378 Å². The predicted octanol–water partition coefficient (Wildman–Crippen LogP) is 10.6. The number of rotatable bonds is 15. The number of pyridine rings is 1. The van der Waals surface area contributed by atoms with Gasteiger partial charge in [0, 0.05) is 41.3 Å². The van der Waals surface area contributed by atoms with Crippen molar-refractivity contribution in [2.45, 2.75) is 117 Å². The van der Waals surface area contributed by atoms with E-state index in [1.54, 1.807) is 45.2 Å². The molecule has 6 rings (SSSR count). The number of nitrogens with zero attached hydrogens (tertiary/aromatic N) is 4. The standard InChI is InChI=1S/C49H58F3N5O5SSi/c1-31(2)41-35(22-17-25-53-41)42-37(28-48(9,10)30-61-64(47(6,7)8,33-18-13-11-14-19-33)34-20-15-12-16-21-34)36-26-32(23-24-39(36)57(42)29-49(50,51)52)43-55-40(56-63-43)27-38(44(58)59)54-45(60)62-46(3,4)5/h11-26,31,38H,27-30H2,1-10H3,(H,54,60)(H,58,59)/t38-/m0/s1. The zero-order valence-electron chi connectivity index (χ0n) is 38.1. The summed E-state index contributed by atoms with van der Waals surface area (Å²) in [5.41, 5.74) is 1.99. The first-order chi connectivity index (χ1) is 29.9. The molecule has 0 unspecified atom stereocenters. The molecule has 0 saturated heterocycles. The van der Waals surface area contributed by atoms with Gasteiger partial charge < -0.3 is 24.2 Å². The topological polar surface area (TPSA) is 128 Å². The molecule has 6 aromatic rings. The van der Waals surface area contributed by atoms with E-state index < -0.39 is 50.2 Å². The molecule has 0 fully saturated rings. The minimum atomic E-state index is -4.55. The Hall–Kier alpha value is -5.38. The highest BCUT2D eigenvalue weighted by Gasteiger charge is 2.51. The fourth-order valence-electron chi connectivity index (χ4n) is 8.35. The largest absolute Gasteiger partial charge is 0.480 e. The van der Waals surface area contributed by atoms with E-state index in [-0.39, 0.29) is 23.2 Å². The van der Waals surface area contributed by atoms with Crippen LogP contribution in [0.2, 0.25) is 5.04 Å². The molecule has 0 aliphatic heterocycles. The van der Waals surface area contributed by atoms with E-state index in [9.17, 15) is 27.9 Å². The van der Waals surface area contributed by atoms with E-state index in [0.29, 0.717) is 57.0 Å². The van der Waals surface area contributed by atoms with Gasteiger partial charge >= 0.3 is 18.2 Å². The van der Waals surface area contributed by atoms with Gasteiger partial charge in [-0.3, -0.25) is 4.98 Å². The minimum Gasteiger partial charge on any atom is -0.480 e. The number of halogens is 3. The third kappa shape index (κ3) is 10.9. The number of amides is 1. The first kappa shape index (κ1) is 48.1. The Balaban J connectivity index is 1.48. The van der Waals surface area contributed by atoms with Gasteiger partial charge in [0.15, 0.2) is 0 Å². The van der Waals surface area contributed by atoms with E-state index in [1.165, 1.54) is 4.57 Å². The number of ether oxygens (including phenoxy) is 1. The number of hydrogen-bond donors (Lipinski definition) is 2. The Bertz CT molecular complexity index is 2540. The summed E-state index contributed by atoms with van der Waals surface area (Å²) < 4.78 is 62.8. The number of benzene rings is 3. The van der Waals surface area contributed by atoms with Crippen molar-refractivity contribution in [2.75, 3.05) is 6.61 Å². The van der Waals surface area contributed by atoms with Crippen molar-refractivity contribution in [2.24, 2.45) is 5.41 Å². The van der Waals surface area contributed by atoms with Crippen LogP contribution in [0.4, 0.5) is 18.0 Å². The molecule has 0 saturated carbocycles. The van der Waals surface area contributed by atoms with Gasteiger partial charge in [-0.1, -0.05) is 109 Å². The van der Waals surface area contributed by atoms with E-state index in [1.807, 2.05) is 62.4 Å². The van der Waals surface area contributed by atoms with Gasteiger partial charge in [-0.2, -0.15) is 17.5 Å². The molecule has 10 nitrogen and oxygen atoms in total. The molecule has 0 spiro atoms. The molecule has 2 N–H and O–H groups in total. The van der Waals surface area contributed by atoms with E-state index in [4.69, 9.17) is 14.1 Å². The van der Waals surface area contributed by atoms with Crippen LogP contribution in [-0.4, -0.2) is 68.8 Å². The number of aromatic nitrogens is 4. The molecule has 3 aromatic heterocycles. The summed E-state index contributed by atoms with van der Waals surface area (Å²) in [7, 11) is -2.99. The summed E-state index contributed by atoms with van der Waals surface area (Å²) >= 11 is 1.04. The van der Waals surface area contributed by atoms with Crippen LogP contribution in [0.3, 0.4) is 0 Å². The third-order valence-corrected chi connectivity index (χ3v) is 16.8. The van der Waals surface area contributed by atoms with Crippen LogP contribution >= 0.6 is 11.5 Å². The lowest BCUT2D eigenvalue weighted by atomic mass is 9.84. The quantitative estimate of drug-likeness (QED) is 0.0975. The van der Waals surface area contributed by atoms with Crippen LogP contribution in [0.15, 0.2) is 97.2 Å². The fraction of sp³-hybridized carbons (Fsp3) is 0.408. The van der Waals surface area contributed by atoms with Gasteiger partial charge in [-0.05, 0) is 101 Å². The van der Waals surface area contributed by atoms with Crippen LogP contribution in [0.1, 0.15) is 92.2 Å². The lowest BCUT2D eigenvalue weighted by Gasteiger charge is -2.44. The van der Waals surface area contributed by atoms with Gasteiger partial charge in [-0.15, -0.1) is 0 Å². The van der Waals surface area contributed by atoms with Crippen molar-refractivity contribution in [1.29, 1.82) is 0 Å². The highest BCUT2D eigenvalue weighted by atomic mass is 32.1. The number of aliphatic carboxylic acids is 1. The maximum atomic E-state index is 14.8. The van der Waals surface area contributed by atoms with Crippen molar-refractivity contribution in [3.8, 4) is 21.8 Å². The number of nitrogens with one attached hydrogen (secondary N) is 1. The van der Waals surface area contributed by atoms with Crippen molar-refractivity contribution in [3.63, 3.8) is 0 Å². The molecule has 0 bridgehead atoms. The molecule has 0 aliphatic rings. The molecule has 340 valence electrons. The molecular formula is C49H58F3N5O5SSi. The van der Waals surface area contributed by atoms with Gasteiger partial charge in [0.05, 0.1) is 11.4 Å². The summed E-state index contributed by atoms with van der Waals surface area (Å²) in [5, 5.41) is 15.3. The highest BCUT2D eigenvalue weighted by molar-refractivity contribution is 7.09. The van der Waals surface area contributed by atoms with Crippen molar-refractivity contribution in [1.82, 2.24) is 24.2 Å². The molecule has 0 aliphatic carbocycles.